The fourth-order valence-corrected chi connectivity index (χ4v) is 2.60. The highest BCUT2D eigenvalue weighted by Crippen LogP contribution is 2.18. The van der Waals surface area contributed by atoms with Crippen LogP contribution in [0.3, 0.4) is 0 Å². The van der Waals surface area contributed by atoms with E-state index < -0.39 is 5.60 Å². The third kappa shape index (κ3) is 3.67. The molecule has 1 atom stereocenters. The summed E-state index contributed by atoms with van der Waals surface area (Å²) in [7, 11) is 0. The van der Waals surface area contributed by atoms with Crippen LogP contribution in [0.4, 0.5) is 0 Å². The van der Waals surface area contributed by atoms with Gasteiger partial charge in [0.15, 0.2) is 0 Å². The summed E-state index contributed by atoms with van der Waals surface area (Å²) in [5.41, 5.74) is 1.50. The van der Waals surface area contributed by atoms with E-state index in [1.807, 2.05) is 37.3 Å². The Balaban J connectivity index is 1.79. The second-order valence-corrected chi connectivity index (χ2v) is 5.48. The highest BCUT2D eigenvalue weighted by molar-refractivity contribution is 7.07. The van der Waals surface area contributed by atoms with Gasteiger partial charge < -0.3 is 10.4 Å². The van der Waals surface area contributed by atoms with Crippen LogP contribution in [0, 0.1) is 0 Å². The average Bonchev–Trinajstić information content (AvgIpc) is 2.89. The van der Waals surface area contributed by atoms with E-state index in [1.165, 1.54) is 5.56 Å². The average molecular weight is 261 g/mol. The first-order valence-corrected chi connectivity index (χ1v) is 7.12. The Morgan fingerprint density at radius 1 is 1.22 bits per heavy atom. The minimum atomic E-state index is -0.810. The molecule has 0 aliphatic rings. The van der Waals surface area contributed by atoms with E-state index >= 15 is 0 Å². The summed E-state index contributed by atoms with van der Waals surface area (Å²) in [6.07, 6.45) is 1.01. The zero-order chi connectivity index (χ0) is 12.8. The molecule has 0 saturated carbocycles. The first-order chi connectivity index (χ1) is 8.68. The van der Waals surface area contributed by atoms with E-state index in [-0.39, 0.29) is 0 Å². The SMILES string of the molecule is CC(O)(CNCCc1ccsc1)c1ccccc1. The lowest BCUT2D eigenvalue weighted by Gasteiger charge is -2.24. The topological polar surface area (TPSA) is 32.3 Å². The highest BCUT2D eigenvalue weighted by Gasteiger charge is 2.21. The van der Waals surface area contributed by atoms with Gasteiger partial charge in [-0.25, -0.2) is 0 Å². The summed E-state index contributed by atoms with van der Waals surface area (Å²) in [4.78, 5) is 0. The molecule has 2 N–H and O–H groups in total. The summed E-state index contributed by atoms with van der Waals surface area (Å²) in [6.45, 7) is 3.31. The molecule has 0 aliphatic carbocycles. The number of nitrogens with one attached hydrogen (secondary N) is 1. The van der Waals surface area contributed by atoms with Crippen LogP contribution in [0.2, 0.25) is 0 Å². The van der Waals surface area contributed by atoms with Crippen LogP contribution in [0.15, 0.2) is 47.2 Å². The van der Waals surface area contributed by atoms with E-state index in [4.69, 9.17) is 0 Å². The van der Waals surface area contributed by atoms with Crippen molar-refractivity contribution in [3.63, 3.8) is 0 Å². The molecule has 1 aromatic heterocycles. The van der Waals surface area contributed by atoms with Crippen molar-refractivity contribution in [3.05, 3.63) is 58.3 Å². The molecule has 0 aliphatic heterocycles. The molecule has 1 unspecified atom stereocenters. The molecule has 1 heterocycles. The summed E-state index contributed by atoms with van der Waals surface area (Å²) in [6, 6.07) is 11.9. The third-order valence-electron chi connectivity index (χ3n) is 3.04. The fourth-order valence-electron chi connectivity index (χ4n) is 1.90. The van der Waals surface area contributed by atoms with Crippen molar-refractivity contribution in [1.29, 1.82) is 0 Å². The minimum absolute atomic E-state index is 0.571. The Morgan fingerprint density at radius 3 is 2.67 bits per heavy atom. The summed E-state index contributed by atoms with van der Waals surface area (Å²) >= 11 is 1.72. The molecule has 18 heavy (non-hydrogen) atoms. The third-order valence-corrected chi connectivity index (χ3v) is 3.77. The van der Waals surface area contributed by atoms with Gasteiger partial charge in [0.05, 0.1) is 5.60 Å². The lowest BCUT2D eigenvalue weighted by Crippen LogP contribution is -2.36. The van der Waals surface area contributed by atoms with Crippen LogP contribution in [-0.2, 0) is 12.0 Å². The van der Waals surface area contributed by atoms with Gasteiger partial charge in [0.25, 0.3) is 0 Å². The summed E-state index contributed by atoms with van der Waals surface area (Å²) in [5, 5.41) is 18.0. The van der Waals surface area contributed by atoms with Crippen molar-refractivity contribution in [1.82, 2.24) is 5.32 Å². The minimum Gasteiger partial charge on any atom is -0.384 e. The molecule has 0 bridgehead atoms. The van der Waals surface area contributed by atoms with Crippen molar-refractivity contribution in [2.75, 3.05) is 13.1 Å². The van der Waals surface area contributed by atoms with Gasteiger partial charge in [-0.15, -0.1) is 0 Å². The maximum Gasteiger partial charge on any atom is 0.0992 e. The molecule has 0 radical (unpaired) electrons. The molecule has 2 rings (SSSR count). The van der Waals surface area contributed by atoms with Crippen molar-refractivity contribution < 1.29 is 5.11 Å². The van der Waals surface area contributed by atoms with Gasteiger partial charge in [-0.05, 0) is 47.8 Å². The van der Waals surface area contributed by atoms with Gasteiger partial charge in [0, 0.05) is 6.54 Å². The maximum absolute atomic E-state index is 10.4. The fraction of sp³-hybridized carbons (Fsp3) is 0.333. The maximum atomic E-state index is 10.4. The quantitative estimate of drug-likeness (QED) is 0.784. The van der Waals surface area contributed by atoms with Gasteiger partial charge in [-0.1, -0.05) is 30.3 Å². The monoisotopic (exact) mass is 261 g/mol. The van der Waals surface area contributed by atoms with Crippen LogP contribution in [0.5, 0.6) is 0 Å². The van der Waals surface area contributed by atoms with Gasteiger partial charge in [-0.3, -0.25) is 0 Å². The van der Waals surface area contributed by atoms with Crippen LogP contribution in [0.1, 0.15) is 18.1 Å². The van der Waals surface area contributed by atoms with Crippen molar-refractivity contribution in [2.45, 2.75) is 18.9 Å². The zero-order valence-electron chi connectivity index (χ0n) is 10.6. The summed E-state index contributed by atoms with van der Waals surface area (Å²) < 4.78 is 0. The molecule has 2 aromatic rings. The Bertz CT molecular complexity index is 451. The van der Waals surface area contributed by atoms with Crippen LogP contribution < -0.4 is 5.32 Å². The van der Waals surface area contributed by atoms with E-state index in [0.29, 0.717) is 6.54 Å². The summed E-state index contributed by atoms with van der Waals surface area (Å²) in [5.74, 6) is 0. The predicted octanol–water partition coefficient (Wildman–Crippen LogP) is 2.79. The van der Waals surface area contributed by atoms with Gasteiger partial charge in [0.1, 0.15) is 0 Å². The molecule has 3 heteroatoms. The number of hydrogen-bond donors (Lipinski definition) is 2. The number of thiophene rings is 1. The van der Waals surface area contributed by atoms with Gasteiger partial charge in [0.2, 0.25) is 0 Å². The van der Waals surface area contributed by atoms with Crippen LogP contribution >= 0.6 is 11.3 Å². The highest BCUT2D eigenvalue weighted by atomic mass is 32.1. The second-order valence-electron chi connectivity index (χ2n) is 4.70. The van der Waals surface area contributed by atoms with Gasteiger partial charge >= 0.3 is 0 Å². The predicted molar refractivity (Wildman–Crippen MR) is 76.9 cm³/mol. The first kappa shape index (κ1) is 13.3. The number of aliphatic hydroxyl groups is 1. The first-order valence-electron chi connectivity index (χ1n) is 6.18. The second kappa shape index (κ2) is 6.14. The molecule has 1 aromatic carbocycles. The smallest absolute Gasteiger partial charge is 0.0992 e. The van der Waals surface area contributed by atoms with Crippen molar-refractivity contribution in [2.24, 2.45) is 0 Å². The van der Waals surface area contributed by atoms with Crippen molar-refractivity contribution in [3.8, 4) is 0 Å². The molecule has 0 amide bonds. The Labute approximate surface area is 112 Å². The lowest BCUT2D eigenvalue weighted by molar-refractivity contribution is 0.0573. The molecule has 0 fully saturated rings. The van der Waals surface area contributed by atoms with E-state index in [2.05, 4.69) is 22.1 Å². The lowest BCUT2D eigenvalue weighted by atomic mass is 9.96. The Morgan fingerprint density at radius 2 is 2.00 bits per heavy atom. The van der Waals surface area contributed by atoms with Crippen molar-refractivity contribution >= 4 is 11.3 Å². The molecular weight excluding hydrogens is 242 g/mol. The van der Waals surface area contributed by atoms with E-state index in [1.54, 1.807) is 11.3 Å². The number of rotatable bonds is 6. The molecular formula is C15H19NOS. The number of hydrogen-bond acceptors (Lipinski definition) is 3. The molecule has 0 spiro atoms. The molecule has 2 nitrogen and oxygen atoms in total. The Kier molecular flexibility index (Phi) is 4.53. The molecule has 96 valence electrons. The molecule has 0 saturated heterocycles. The zero-order valence-corrected chi connectivity index (χ0v) is 11.4. The number of benzene rings is 1. The Hall–Kier alpha value is -1.16. The standard InChI is InChI=1S/C15H19NOS/c1-15(17,14-5-3-2-4-6-14)12-16-9-7-13-8-10-18-11-13/h2-6,8,10-11,16-17H,7,9,12H2,1H3. The van der Waals surface area contributed by atoms with E-state index in [9.17, 15) is 5.11 Å². The van der Waals surface area contributed by atoms with Gasteiger partial charge in [-0.2, -0.15) is 11.3 Å². The van der Waals surface area contributed by atoms with Crippen LogP contribution in [-0.4, -0.2) is 18.2 Å². The largest absolute Gasteiger partial charge is 0.384 e. The van der Waals surface area contributed by atoms with E-state index in [0.717, 1.165) is 18.5 Å². The van der Waals surface area contributed by atoms with Crippen LogP contribution in [0.25, 0.3) is 0 Å². The normalized spacial score (nSPS) is 14.3.